The fraction of sp³-hybridized carbons (Fsp3) is 0.714. The van der Waals surface area contributed by atoms with Crippen LogP contribution in [-0.4, -0.2) is 20.9 Å². The van der Waals surface area contributed by atoms with Gasteiger partial charge in [-0.3, -0.25) is 9.48 Å². The van der Waals surface area contributed by atoms with Crippen LogP contribution in [0.25, 0.3) is 0 Å². The van der Waals surface area contributed by atoms with Gasteiger partial charge in [0.1, 0.15) is 0 Å². The SMILES string of the molecule is Cc1cc(CC2CCCCCC2C(=O)O)n(C)n1. The maximum Gasteiger partial charge on any atom is 0.306 e. The Morgan fingerprint density at radius 1 is 1.44 bits per heavy atom. The van der Waals surface area contributed by atoms with Crippen molar-refractivity contribution >= 4 is 5.97 Å². The first-order valence-electron chi connectivity index (χ1n) is 6.80. The third-order valence-corrected chi connectivity index (χ3v) is 4.05. The van der Waals surface area contributed by atoms with Crippen LogP contribution in [0.3, 0.4) is 0 Å². The van der Waals surface area contributed by atoms with E-state index in [2.05, 4.69) is 11.2 Å². The first-order chi connectivity index (χ1) is 8.58. The zero-order chi connectivity index (χ0) is 13.1. The molecule has 2 unspecified atom stereocenters. The summed E-state index contributed by atoms with van der Waals surface area (Å²) >= 11 is 0. The van der Waals surface area contributed by atoms with Gasteiger partial charge in [-0.05, 0) is 38.2 Å². The van der Waals surface area contributed by atoms with Gasteiger partial charge in [-0.25, -0.2) is 0 Å². The number of aliphatic carboxylic acids is 1. The van der Waals surface area contributed by atoms with Crippen LogP contribution in [0.1, 0.15) is 43.5 Å². The molecule has 1 saturated carbocycles. The summed E-state index contributed by atoms with van der Waals surface area (Å²) in [5.74, 6) is -0.539. The summed E-state index contributed by atoms with van der Waals surface area (Å²) in [5, 5.41) is 13.7. The Morgan fingerprint density at radius 2 is 2.17 bits per heavy atom. The largest absolute Gasteiger partial charge is 0.481 e. The van der Waals surface area contributed by atoms with Gasteiger partial charge in [0.2, 0.25) is 0 Å². The van der Waals surface area contributed by atoms with E-state index in [0.717, 1.165) is 43.5 Å². The van der Waals surface area contributed by atoms with E-state index in [9.17, 15) is 9.90 Å². The summed E-state index contributed by atoms with van der Waals surface area (Å²) in [4.78, 5) is 11.4. The van der Waals surface area contributed by atoms with E-state index in [1.165, 1.54) is 6.42 Å². The van der Waals surface area contributed by atoms with Crippen molar-refractivity contribution in [3.8, 4) is 0 Å². The van der Waals surface area contributed by atoms with Crippen LogP contribution in [0, 0.1) is 18.8 Å². The average molecular weight is 250 g/mol. The van der Waals surface area contributed by atoms with E-state index in [4.69, 9.17) is 0 Å². The van der Waals surface area contributed by atoms with Crippen molar-refractivity contribution in [2.24, 2.45) is 18.9 Å². The van der Waals surface area contributed by atoms with Crippen molar-refractivity contribution in [3.05, 3.63) is 17.5 Å². The summed E-state index contributed by atoms with van der Waals surface area (Å²) in [6.45, 7) is 1.98. The predicted molar refractivity (Wildman–Crippen MR) is 69.3 cm³/mol. The molecule has 1 fully saturated rings. The predicted octanol–water partition coefficient (Wildman–Crippen LogP) is 2.55. The summed E-state index contributed by atoms with van der Waals surface area (Å²) < 4.78 is 1.89. The van der Waals surface area contributed by atoms with E-state index in [1.807, 2.05) is 18.7 Å². The zero-order valence-electron chi connectivity index (χ0n) is 11.2. The highest BCUT2D eigenvalue weighted by atomic mass is 16.4. The summed E-state index contributed by atoms with van der Waals surface area (Å²) in [6, 6.07) is 2.07. The molecule has 0 aromatic carbocycles. The molecule has 1 heterocycles. The van der Waals surface area contributed by atoms with Crippen LogP contribution in [0.2, 0.25) is 0 Å². The molecule has 1 aromatic rings. The van der Waals surface area contributed by atoms with Gasteiger partial charge in [0, 0.05) is 12.7 Å². The number of nitrogens with zero attached hydrogens (tertiary/aromatic N) is 2. The minimum absolute atomic E-state index is 0.178. The van der Waals surface area contributed by atoms with E-state index in [1.54, 1.807) is 0 Å². The van der Waals surface area contributed by atoms with E-state index in [0.29, 0.717) is 0 Å². The second-order valence-electron chi connectivity index (χ2n) is 5.45. The number of carbonyl (C=O) groups is 1. The minimum Gasteiger partial charge on any atom is -0.481 e. The van der Waals surface area contributed by atoms with Crippen molar-refractivity contribution in [2.45, 2.75) is 45.4 Å². The zero-order valence-corrected chi connectivity index (χ0v) is 11.2. The second-order valence-corrected chi connectivity index (χ2v) is 5.45. The fourth-order valence-corrected chi connectivity index (χ4v) is 3.08. The molecule has 4 nitrogen and oxygen atoms in total. The lowest BCUT2D eigenvalue weighted by Gasteiger charge is -2.21. The van der Waals surface area contributed by atoms with Crippen molar-refractivity contribution < 1.29 is 9.90 Å². The molecule has 0 amide bonds. The Morgan fingerprint density at radius 3 is 2.78 bits per heavy atom. The summed E-state index contributed by atoms with van der Waals surface area (Å²) in [6.07, 6.45) is 6.08. The molecule has 0 bridgehead atoms. The third-order valence-electron chi connectivity index (χ3n) is 4.05. The van der Waals surface area contributed by atoms with Crippen LogP contribution < -0.4 is 0 Å². The molecule has 100 valence electrons. The van der Waals surface area contributed by atoms with Gasteiger partial charge in [0.15, 0.2) is 0 Å². The molecule has 2 atom stereocenters. The molecular weight excluding hydrogens is 228 g/mol. The molecule has 0 radical (unpaired) electrons. The van der Waals surface area contributed by atoms with Gasteiger partial charge in [-0.1, -0.05) is 19.3 Å². The van der Waals surface area contributed by atoms with Gasteiger partial charge in [-0.2, -0.15) is 5.10 Å². The van der Waals surface area contributed by atoms with Gasteiger partial charge in [0.05, 0.1) is 11.6 Å². The highest BCUT2D eigenvalue weighted by Gasteiger charge is 2.30. The molecule has 0 aliphatic heterocycles. The van der Waals surface area contributed by atoms with Gasteiger partial charge in [-0.15, -0.1) is 0 Å². The lowest BCUT2D eigenvalue weighted by Crippen LogP contribution is -2.25. The molecular formula is C14H22N2O2. The van der Waals surface area contributed by atoms with Gasteiger partial charge >= 0.3 is 5.97 Å². The average Bonchev–Trinajstić information content (AvgIpc) is 2.52. The van der Waals surface area contributed by atoms with Gasteiger partial charge in [0.25, 0.3) is 0 Å². The van der Waals surface area contributed by atoms with Crippen molar-refractivity contribution in [2.75, 3.05) is 0 Å². The van der Waals surface area contributed by atoms with E-state index in [-0.39, 0.29) is 11.8 Å². The molecule has 0 saturated heterocycles. The first-order valence-corrected chi connectivity index (χ1v) is 6.80. The number of aromatic nitrogens is 2. The smallest absolute Gasteiger partial charge is 0.306 e. The van der Waals surface area contributed by atoms with E-state index < -0.39 is 5.97 Å². The van der Waals surface area contributed by atoms with Crippen molar-refractivity contribution in [1.29, 1.82) is 0 Å². The molecule has 1 aliphatic rings. The number of aryl methyl sites for hydroxylation is 2. The van der Waals surface area contributed by atoms with Crippen molar-refractivity contribution in [1.82, 2.24) is 9.78 Å². The molecule has 1 N–H and O–H groups in total. The molecule has 0 spiro atoms. The van der Waals surface area contributed by atoms with Crippen LogP contribution >= 0.6 is 0 Å². The van der Waals surface area contributed by atoms with Crippen LogP contribution in [-0.2, 0) is 18.3 Å². The van der Waals surface area contributed by atoms with Crippen LogP contribution in [0.4, 0.5) is 0 Å². The first kappa shape index (κ1) is 13.1. The number of hydrogen-bond acceptors (Lipinski definition) is 2. The molecule has 1 aromatic heterocycles. The Bertz CT molecular complexity index is 425. The van der Waals surface area contributed by atoms with E-state index >= 15 is 0 Å². The molecule has 18 heavy (non-hydrogen) atoms. The molecule has 2 rings (SSSR count). The minimum atomic E-state index is -0.624. The maximum atomic E-state index is 11.4. The molecule has 4 heteroatoms. The molecule has 1 aliphatic carbocycles. The maximum absolute atomic E-state index is 11.4. The van der Waals surface area contributed by atoms with Crippen LogP contribution in [0.15, 0.2) is 6.07 Å². The van der Waals surface area contributed by atoms with Crippen LogP contribution in [0.5, 0.6) is 0 Å². The highest BCUT2D eigenvalue weighted by molar-refractivity contribution is 5.70. The highest BCUT2D eigenvalue weighted by Crippen LogP contribution is 2.31. The normalized spacial score (nSPS) is 24.8. The number of rotatable bonds is 3. The third kappa shape index (κ3) is 2.92. The Hall–Kier alpha value is -1.32. The Kier molecular flexibility index (Phi) is 4.04. The van der Waals surface area contributed by atoms with Crippen molar-refractivity contribution in [3.63, 3.8) is 0 Å². The Labute approximate surface area is 108 Å². The standard InChI is InChI=1S/C14H22N2O2/c1-10-8-12(16(2)15-10)9-11-6-4-3-5-7-13(11)14(17)18/h8,11,13H,3-7,9H2,1-2H3,(H,17,18). The lowest BCUT2D eigenvalue weighted by atomic mass is 9.84. The number of hydrogen-bond donors (Lipinski definition) is 1. The topological polar surface area (TPSA) is 55.1 Å². The quantitative estimate of drug-likeness (QED) is 0.839. The number of carboxylic acids is 1. The summed E-state index contributed by atoms with van der Waals surface area (Å²) in [7, 11) is 1.94. The second kappa shape index (κ2) is 5.55. The lowest BCUT2D eigenvalue weighted by molar-refractivity contribution is -0.143. The van der Waals surface area contributed by atoms with Gasteiger partial charge < -0.3 is 5.11 Å². The fourth-order valence-electron chi connectivity index (χ4n) is 3.08. The monoisotopic (exact) mass is 250 g/mol. The number of carboxylic acid groups (broad SMARTS) is 1. The Balaban J connectivity index is 2.13. The summed E-state index contributed by atoms with van der Waals surface area (Å²) in [5.41, 5.74) is 2.17.